The Hall–Kier alpha value is -2.47. The van der Waals surface area contributed by atoms with E-state index >= 15 is 0 Å². The van der Waals surface area contributed by atoms with Gasteiger partial charge in [0.25, 0.3) is 0 Å². The number of amides is 2. The van der Waals surface area contributed by atoms with Crippen LogP contribution in [0.2, 0.25) is 0 Å². The van der Waals surface area contributed by atoms with Crippen LogP contribution in [0.4, 0.5) is 0 Å². The van der Waals surface area contributed by atoms with Crippen molar-refractivity contribution in [2.45, 2.75) is 38.1 Å². The lowest BCUT2D eigenvalue weighted by molar-refractivity contribution is -0.143. The van der Waals surface area contributed by atoms with Crippen LogP contribution in [0, 0.1) is 17.3 Å². The van der Waals surface area contributed by atoms with Gasteiger partial charge in [-0.25, -0.2) is 0 Å². The van der Waals surface area contributed by atoms with Crippen molar-refractivity contribution in [1.29, 1.82) is 0 Å². The number of carbonyl (C=O) groups is 3. The summed E-state index contributed by atoms with van der Waals surface area (Å²) in [5.74, 6) is -1.37. The molecule has 28 heavy (non-hydrogen) atoms. The van der Waals surface area contributed by atoms with Gasteiger partial charge in [-0.15, -0.1) is 0 Å². The van der Waals surface area contributed by atoms with Crippen LogP contribution < -0.4 is 10.6 Å². The number of carbonyl (C=O) groups excluding carboxylic acids is 3. The van der Waals surface area contributed by atoms with Crippen molar-refractivity contribution >= 4 is 17.6 Å². The Kier molecular flexibility index (Phi) is 4.12. The Morgan fingerprint density at radius 1 is 1.07 bits per heavy atom. The summed E-state index contributed by atoms with van der Waals surface area (Å²) in [4.78, 5) is 39.9. The van der Waals surface area contributed by atoms with E-state index in [1.807, 2.05) is 12.2 Å². The molecule has 0 aromatic carbocycles. The molecular weight excluding hydrogens is 354 g/mol. The molecule has 0 aromatic rings. The molecule has 5 rings (SSSR count). The van der Waals surface area contributed by atoms with E-state index in [-0.39, 0.29) is 17.6 Å². The fraction of sp³-hybridized carbons (Fsp3) is 0.500. The molecule has 0 bridgehead atoms. The van der Waals surface area contributed by atoms with Gasteiger partial charge in [0.15, 0.2) is 0 Å². The second-order valence-electron chi connectivity index (χ2n) is 8.36. The van der Waals surface area contributed by atoms with Crippen LogP contribution in [0.15, 0.2) is 47.9 Å². The second kappa shape index (κ2) is 6.55. The molecule has 2 amide bonds. The van der Waals surface area contributed by atoms with Crippen molar-refractivity contribution in [3.8, 4) is 0 Å². The zero-order valence-corrected chi connectivity index (χ0v) is 15.8. The normalized spacial score (nSPS) is 35.3. The van der Waals surface area contributed by atoms with Crippen LogP contribution in [-0.4, -0.2) is 41.6 Å². The number of imide groups is 1. The van der Waals surface area contributed by atoms with Gasteiger partial charge in [0.2, 0.25) is 11.8 Å². The zero-order valence-electron chi connectivity index (χ0n) is 15.8. The molecule has 0 radical (unpaired) electrons. The lowest BCUT2D eigenvalue weighted by atomic mass is 9.57. The number of nitrogens with one attached hydrogen (secondary N) is 2. The summed E-state index contributed by atoms with van der Waals surface area (Å²) in [7, 11) is 0. The Bertz CT molecular complexity index is 862. The third-order valence-electron chi connectivity index (χ3n) is 6.92. The molecule has 1 spiro atoms. The highest BCUT2D eigenvalue weighted by molar-refractivity contribution is 6.02. The third-order valence-corrected chi connectivity index (χ3v) is 6.92. The average Bonchev–Trinajstić information content (AvgIpc) is 3.05. The first kappa shape index (κ1) is 17.6. The van der Waals surface area contributed by atoms with E-state index in [0.717, 1.165) is 37.2 Å². The monoisotopic (exact) mass is 379 g/mol. The SMILES string of the molecule is O=C1CCC(C2C(=O)CC=C3N(C4CCNCC4)C=C4C=CC=CC432)C(=O)N1. The molecular formula is C22H25N3O3. The van der Waals surface area contributed by atoms with Crippen molar-refractivity contribution < 1.29 is 14.4 Å². The van der Waals surface area contributed by atoms with Crippen LogP contribution in [0.3, 0.4) is 0 Å². The molecule has 3 heterocycles. The minimum absolute atomic E-state index is 0.0938. The van der Waals surface area contributed by atoms with Gasteiger partial charge >= 0.3 is 0 Å². The fourth-order valence-electron chi connectivity index (χ4n) is 5.67. The van der Waals surface area contributed by atoms with Crippen LogP contribution in [-0.2, 0) is 14.4 Å². The minimum atomic E-state index is -0.586. The van der Waals surface area contributed by atoms with Crippen LogP contribution in [0.25, 0.3) is 0 Å². The maximum atomic E-state index is 13.2. The Balaban J connectivity index is 1.58. The molecule has 6 nitrogen and oxygen atoms in total. The molecule has 3 aliphatic heterocycles. The van der Waals surface area contributed by atoms with E-state index in [4.69, 9.17) is 0 Å². The van der Waals surface area contributed by atoms with E-state index in [0.29, 0.717) is 25.3 Å². The number of allylic oxidation sites excluding steroid dienone is 5. The van der Waals surface area contributed by atoms with Gasteiger partial charge < -0.3 is 10.2 Å². The summed E-state index contributed by atoms with van der Waals surface area (Å²) in [6, 6.07) is 0.403. The van der Waals surface area contributed by atoms with Crippen molar-refractivity contribution in [2.24, 2.45) is 17.3 Å². The van der Waals surface area contributed by atoms with Crippen molar-refractivity contribution in [2.75, 3.05) is 13.1 Å². The number of rotatable bonds is 2. The first-order valence-corrected chi connectivity index (χ1v) is 10.3. The van der Waals surface area contributed by atoms with Gasteiger partial charge in [-0.1, -0.05) is 30.4 Å². The smallest absolute Gasteiger partial charge is 0.230 e. The van der Waals surface area contributed by atoms with E-state index in [1.54, 1.807) is 0 Å². The molecule has 5 aliphatic rings. The van der Waals surface area contributed by atoms with Gasteiger partial charge in [-0.3, -0.25) is 19.7 Å². The molecule has 2 aliphatic carbocycles. The Morgan fingerprint density at radius 3 is 2.68 bits per heavy atom. The Morgan fingerprint density at radius 2 is 1.89 bits per heavy atom. The third kappa shape index (κ3) is 2.47. The second-order valence-corrected chi connectivity index (χ2v) is 8.36. The highest BCUT2D eigenvalue weighted by atomic mass is 16.2. The molecule has 0 aromatic heterocycles. The molecule has 3 atom stereocenters. The summed E-state index contributed by atoms with van der Waals surface area (Å²) in [5.41, 5.74) is 1.64. The van der Waals surface area contributed by atoms with Gasteiger partial charge in [0, 0.05) is 36.7 Å². The maximum absolute atomic E-state index is 13.2. The first-order chi connectivity index (χ1) is 13.6. The highest BCUT2D eigenvalue weighted by Gasteiger charge is 2.58. The summed E-state index contributed by atoms with van der Waals surface area (Å²) in [6.45, 7) is 1.98. The van der Waals surface area contributed by atoms with Crippen molar-refractivity contribution in [1.82, 2.24) is 15.5 Å². The highest BCUT2D eigenvalue weighted by Crippen LogP contribution is 2.58. The van der Waals surface area contributed by atoms with Crippen LogP contribution in [0.1, 0.15) is 32.1 Å². The predicted octanol–water partition coefficient (Wildman–Crippen LogP) is 1.58. The summed E-state index contributed by atoms with van der Waals surface area (Å²) < 4.78 is 0. The van der Waals surface area contributed by atoms with Gasteiger partial charge in [-0.2, -0.15) is 0 Å². The number of piperidine rings is 2. The van der Waals surface area contributed by atoms with Gasteiger partial charge in [0.05, 0.1) is 11.3 Å². The molecule has 3 unspecified atom stereocenters. The van der Waals surface area contributed by atoms with E-state index in [9.17, 15) is 14.4 Å². The number of hydrogen-bond donors (Lipinski definition) is 2. The molecule has 0 saturated carbocycles. The molecule has 2 fully saturated rings. The molecule has 2 N–H and O–H groups in total. The standard InChI is InChI=1S/C22H25N3O3/c26-17-5-6-18-22(20(17)16-4-7-19(27)24-21(16)28)10-2-1-3-14(22)13-25(18)15-8-11-23-12-9-15/h1-3,6,10,13,15-16,20,23H,4-5,7-9,11-12H2,(H,24,27,28). The zero-order chi connectivity index (χ0) is 19.3. The average molecular weight is 379 g/mol. The van der Waals surface area contributed by atoms with Crippen LogP contribution in [0.5, 0.6) is 0 Å². The number of nitrogens with zero attached hydrogens (tertiary/aromatic N) is 1. The maximum Gasteiger partial charge on any atom is 0.230 e. The van der Waals surface area contributed by atoms with Crippen molar-refractivity contribution in [3.63, 3.8) is 0 Å². The quantitative estimate of drug-likeness (QED) is 0.712. The summed E-state index contributed by atoms with van der Waals surface area (Å²) in [6.07, 6.45) is 15.6. The predicted molar refractivity (Wildman–Crippen MR) is 104 cm³/mol. The minimum Gasteiger partial charge on any atom is -0.347 e. The van der Waals surface area contributed by atoms with E-state index in [2.05, 4.69) is 40.0 Å². The largest absolute Gasteiger partial charge is 0.347 e. The van der Waals surface area contributed by atoms with E-state index in [1.165, 1.54) is 0 Å². The molecule has 2 saturated heterocycles. The van der Waals surface area contributed by atoms with Gasteiger partial charge in [-0.05, 0) is 37.9 Å². The molecule has 146 valence electrons. The molecule has 6 heteroatoms. The number of ketones is 1. The van der Waals surface area contributed by atoms with Crippen molar-refractivity contribution in [3.05, 3.63) is 47.9 Å². The van der Waals surface area contributed by atoms with E-state index < -0.39 is 17.3 Å². The first-order valence-electron chi connectivity index (χ1n) is 10.3. The topological polar surface area (TPSA) is 78.5 Å². The number of Topliss-reactive ketones (excluding diaryl/α,β-unsaturated/α-hetero) is 1. The van der Waals surface area contributed by atoms with Gasteiger partial charge in [0.1, 0.15) is 5.78 Å². The lowest BCUT2D eigenvalue weighted by Crippen LogP contribution is -2.53. The fourth-order valence-corrected chi connectivity index (χ4v) is 5.67. The Labute approximate surface area is 164 Å². The number of hydrogen-bond acceptors (Lipinski definition) is 5. The lowest BCUT2D eigenvalue weighted by Gasteiger charge is -2.47. The summed E-state index contributed by atoms with van der Waals surface area (Å²) in [5, 5.41) is 5.88. The summed E-state index contributed by atoms with van der Waals surface area (Å²) >= 11 is 0. The van der Waals surface area contributed by atoms with Crippen LogP contribution >= 0.6 is 0 Å².